The minimum atomic E-state index is -0.183. The molecule has 1 aliphatic heterocycles. The second-order valence-corrected chi connectivity index (χ2v) is 6.61. The summed E-state index contributed by atoms with van der Waals surface area (Å²) < 4.78 is 7.18. The van der Waals surface area contributed by atoms with Crippen molar-refractivity contribution in [1.82, 2.24) is 9.78 Å². The molecular weight excluding hydrogens is 278 g/mol. The molecule has 0 radical (unpaired) electrons. The first kappa shape index (κ1) is 14.6. The molecule has 5 heteroatoms. The van der Waals surface area contributed by atoms with Crippen LogP contribution in [0.15, 0.2) is 30.5 Å². The van der Waals surface area contributed by atoms with Crippen LogP contribution in [-0.2, 0) is 10.3 Å². The number of amides is 1. The van der Waals surface area contributed by atoms with Crippen molar-refractivity contribution in [3.63, 3.8) is 0 Å². The number of aromatic nitrogens is 2. The van der Waals surface area contributed by atoms with Crippen molar-refractivity contribution in [2.45, 2.75) is 38.6 Å². The monoisotopic (exact) mass is 299 g/mol. The topological polar surface area (TPSA) is 56.1 Å². The van der Waals surface area contributed by atoms with Crippen LogP contribution >= 0.6 is 0 Å². The largest absolute Gasteiger partial charge is 0.497 e. The van der Waals surface area contributed by atoms with E-state index in [1.54, 1.807) is 7.11 Å². The zero-order valence-electron chi connectivity index (χ0n) is 13.4. The van der Waals surface area contributed by atoms with Gasteiger partial charge < -0.3 is 10.1 Å². The molecule has 2 aromatic rings. The number of fused-ring (bicyclic) bond motifs is 1. The van der Waals surface area contributed by atoms with Crippen LogP contribution in [0.4, 0.5) is 5.82 Å². The van der Waals surface area contributed by atoms with Crippen molar-refractivity contribution in [1.29, 1.82) is 0 Å². The molecule has 0 bridgehead atoms. The van der Waals surface area contributed by atoms with Gasteiger partial charge in [-0.15, -0.1) is 0 Å². The molecule has 0 aliphatic carbocycles. The van der Waals surface area contributed by atoms with Gasteiger partial charge in [0.15, 0.2) is 0 Å². The molecule has 1 aliphatic rings. The Hall–Kier alpha value is -2.30. The highest BCUT2D eigenvalue weighted by Gasteiger charge is 2.32. The minimum absolute atomic E-state index is 0.00921. The zero-order valence-corrected chi connectivity index (χ0v) is 13.4. The van der Waals surface area contributed by atoms with Crippen LogP contribution in [0.3, 0.4) is 0 Å². The van der Waals surface area contributed by atoms with Crippen LogP contribution < -0.4 is 10.1 Å². The summed E-state index contributed by atoms with van der Waals surface area (Å²) in [4.78, 5) is 12.2. The van der Waals surface area contributed by atoms with Crippen molar-refractivity contribution in [3.05, 3.63) is 41.6 Å². The van der Waals surface area contributed by atoms with Crippen LogP contribution in [0, 0.1) is 0 Å². The molecule has 1 atom stereocenters. The average Bonchev–Trinajstić information content (AvgIpc) is 2.90. The molecule has 2 heterocycles. The SMILES string of the molecule is COc1cccc(C2CC(=O)Nc3c2cnn3C(C)(C)C)c1. The maximum atomic E-state index is 12.2. The Balaban J connectivity index is 2.09. The fourth-order valence-electron chi connectivity index (χ4n) is 2.88. The van der Waals surface area contributed by atoms with E-state index in [2.05, 4.69) is 31.2 Å². The molecule has 1 amide bonds. The first-order valence-electron chi connectivity index (χ1n) is 7.42. The number of ether oxygens (including phenoxy) is 1. The minimum Gasteiger partial charge on any atom is -0.497 e. The molecule has 3 rings (SSSR count). The Morgan fingerprint density at radius 2 is 2.14 bits per heavy atom. The van der Waals surface area contributed by atoms with Crippen molar-refractivity contribution in [2.24, 2.45) is 0 Å². The van der Waals surface area contributed by atoms with E-state index < -0.39 is 0 Å². The summed E-state index contributed by atoms with van der Waals surface area (Å²) in [5.74, 6) is 1.63. The highest BCUT2D eigenvalue weighted by molar-refractivity contribution is 5.94. The summed E-state index contributed by atoms with van der Waals surface area (Å²) in [6.07, 6.45) is 2.29. The standard InChI is InChI=1S/C17H21N3O2/c1-17(2,3)20-16-14(10-18-20)13(9-15(21)19-16)11-6-5-7-12(8-11)22-4/h5-8,10,13H,9H2,1-4H3,(H,19,21). The van der Waals surface area contributed by atoms with Crippen molar-refractivity contribution >= 4 is 11.7 Å². The van der Waals surface area contributed by atoms with E-state index in [4.69, 9.17) is 4.74 Å². The lowest BCUT2D eigenvalue weighted by Gasteiger charge is -2.28. The van der Waals surface area contributed by atoms with Gasteiger partial charge in [0.25, 0.3) is 0 Å². The molecule has 116 valence electrons. The van der Waals surface area contributed by atoms with E-state index in [0.29, 0.717) is 6.42 Å². The molecule has 0 fully saturated rings. The number of benzene rings is 1. The Bertz CT molecular complexity index is 713. The molecule has 0 spiro atoms. The molecule has 22 heavy (non-hydrogen) atoms. The second-order valence-electron chi connectivity index (χ2n) is 6.61. The molecule has 1 N–H and O–H groups in total. The number of methoxy groups -OCH3 is 1. The molecule has 1 unspecified atom stereocenters. The van der Waals surface area contributed by atoms with Gasteiger partial charge in [0.2, 0.25) is 5.91 Å². The molecular formula is C17H21N3O2. The summed E-state index contributed by atoms with van der Waals surface area (Å²) >= 11 is 0. The fourth-order valence-corrected chi connectivity index (χ4v) is 2.88. The van der Waals surface area contributed by atoms with Crippen LogP contribution in [0.25, 0.3) is 0 Å². The van der Waals surface area contributed by atoms with E-state index >= 15 is 0 Å². The fraction of sp³-hybridized carbons (Fsp3) is 0.412. The van der Waals surface area contributed by atoms with Gasteiger partial charge in [-0.3, -0.25) is 4.79 Å². The lowest BCUT2D eigenvalue weighted by atomic mass is 9.87. The summed E-state index contributed by atoms with van der Waals surface area (Å²) in [6.45, 7) is 6.21. The van der Waals surface area contributed by atoms with Crippen LogP contribution in [0.2, 0.25) is 0 Å². The predicted molar refractivity (Wildman–Crippen MR) is 85.3 cm³/mol. The quantitative estimate of drug-likeness (QED) is 0.927. The Morgan fingerprint density at radius 1 is 1.36 bits per heavy atom. The van der Waals surface area contributed by atoms with Crippen molar-refractivity contribution < 1.29 is 9.53 Å². The van der Waals surface area contributed by atoms with Gasteiger partial charge in [0.05, 0.1) is 18.8 Å². The Kier molecular flexibility index (Phi) is 3.43. The summed E-state index contributed by atoms with van der Waals surface area (Å²) in [7, 11) is 1.65. The van der Waals surface area contributed by atoms with E-state index in [1.165, 1.54) is 0 Å². The first-order valence-corrected chi connectivity index (χ1v) is 7.42. The normalized spacial score (nSPS) is 17.8. The highest BCUT2D eigenvalue weighted by atomic mass is 16.5. The third kappa shape index (κ3) is 2.47. The number of carbonyl (C=O) groups excluding carboxylic acids is 1. The Labute approximate surface area is 130 Å². The number of hydrogen-bond acceptors (Lipinski definition) is 3. The molecule has 1 aromatic carbocycles. The third-order valence-electron chi connectivity index (χ3n) is 3.95. The summed E-state index contributed by atoms with van der Waals surface area (Å²) in [6, 6.07) is 7.88. The predicted octanol–water partition coefficient (Wildman–Crippen LogP) is 3.12. The third-order valence-corrected chi connectivity index (χ3v) is 3.95. The number of carbonyl (C=O) groups is 1. The van der Waals surface area contributed by atoms with E-state index in [0.717, 1.165) is 22.7 Å². The summed E-state index contributed by atoms with van der Waals surface area (Å²) in [5, 5.41) is 7.47. The lowest BCUT2D eigenvalue weighted by Crippen LogP contribution is -2.30. The highest BCUT2D eigenvalue weighted by Crippen LogP contribution is 2.39. The van der Waals surface area contributed by atoms with E-state index in [9.17, 15) is 4.79 Å². The van der Waals surface area contributed by atoms with Crippen LogP contribution in [0.1, 0.15) is 44.2 Å². The van der Waals surface area contributed by atoms with Gasteiger partial charge in [-0.1, -0.05) is 12.1 Å². The lowest BCUT2D eigenvalue weighted by molar-refractivity contribution is -0.116. The van der Waals surface area contributed by atoms with Gasteiger partial charge >= 0.3 is 0 Å². The second kappa shape index (κ2) is 5.16. The van der Waals surface area contributed by atoms with Gasteiger partial charge in [0, 0.05) is 17.9 Å². The maximum Gasteiger partial charge on any atom is 0.226 e. The van der Waals surface area contributed by atoms with Gasteiger partial charge in [-0.2, -0.15) is 5.10 Å². The van der Waals surface area contributed by atoms with Crippen LogP contribution in [-0.4, -0.2) is 22.8 Å². The molecule has 0 saturated heterocycles. The Morgan fingerprint density at radius 3 is 2.82 bits per heavy atom. The number of nitrogens with zero attached hydrogens (tertiary/aromatic N) is 2. The van der Waals surface area contributed by atoms with Crippen LogP contribution in [0.5, 0.6) is 5.75 Å². The van der Waals surface area contributed by atoms with Crippen molar-refractivity contribution in [3.8, 4) is 5.75 Å². The number of anilines is 1. The maximum absolute atomic E-state index is 12.2. The number of nitrogens with one attached hydrogen (secondary N) is 1. The number of rotatable bonds is 2. The molecule has 0 saturated carbocycles. The van der Waals surface area contributed by atoms with Gasteiger partial charge in [-0.25, -0.2) is 4.68 Å². The number of hydrogen-bond donors (Lipinski definition) is 1. The molecule has 5 nitrogen and oxygen atoms in total. The van der Waals surface area contributed by atoms with E-state index in [1.807, 2.05) is 35.1 Å². The zero-order chi connectivity index (χ0) is 15.9. The summed E-state index contributed by atoms with van der Waals surface area (Å²) in [5.41, 5.74) is 1.95. The van der Waals surface area contributed by atoms with Crippen molar-refractivity contribution in [2.75, 3.05) is 12.4 Å². The van der Waals surface area contributed by atoms with Gasteiger partial charge in [0.1, 0.15) is 11.6 Å². The average molecular weight is 299 g/mol. The molecule has 1 aromatic heterocycles. The smallest absolute Gasteiger partial charge is 0.226 e. The first-order chi connectivity index (χ1) is 10.4. The van der Waals surface area contributed by atoms with Gasteiger partial charge in [-0.05, 0) is 38.5 Å². The van der Waals surface area contributed by atoms with E-state index in [-0.39, 0.29) is 17.4 Å².